The van der Waals surface area contributed by atoms with Gasteiger partial charge in [-0.25, -0.2) is 9.37 Å². The Hall–Kier alpha value is -2.37. The van der Waals surface area contributed by atoms with E-state index in [0.29, 0.717) is 0 Å². The Bertz CT molecular complexity index is 680. The van der Waals surface area contributed by atoms with Crippen molar-refractivity contribution in [2.75, 3.05) is 5.73 Å². The highest BCUT2D eigenvalue weighted by Crippen LogP contribution is 2.33. The summed E-state index contributed by atoms with van der Waals surface area (Å²) < 4.78 is 20.0. The van der Waals surface area contributed by atoms with Crippen molar-refractivity contribution in [1.29, 1.82) is 0 Å². The van der Waals surface area contributed by atoms with Gasteiger partial charge in [0.15, 0.2) is 5.75 Å². The van der Waals surface area contributed by atoms with Crippen molar-refractivity contribution in [1.82, 2.24) is 9.55 Å². The molecule has 2 aromatic rings. The van der Waals surface area contributed by atoms with E-state index in [1.807, 2.05) is 0 Å². The zero-order valence-electron chi connectivity index (χ0n) is 10.0. The van der Waals surface area contributed by atoms with Gasteiger partial charge in [0, 0.05) is 24.5 Å². The minimum absolute atomic E-state index is 0.0910. The number of anilines is 1. The Morgan fingerprint density at radius 1 is 1.42 bits per heavy atom. The fourth-order valence-electron chi connectivity index (χ4n) is 1.82. The number of nitrogens with zero attached hydrogens (tertiary/aromatic N) is 2. The van der Waals surface area contributed by atoms with E-state index in [-0.39, 0.29) is 28.9 Å². The van der Waals surface area contributed by atoms with Crippen molar-refractivity contribution in [2.24, 2.45) is 0 Å². The highest BCUT2D eigenvalue weighted by Gasteiger charge is 2.25. The highest BCUT2D eigenvalue weighted by atomic mass is 19.1. The van der Waals surface area contributed by atoms with E-state index in [2.05, 4.69) is 4.98 Å². The zero-order chi connectivity index (χ0) is 13.4. The van der Waals surface area contributed by atoms with Crippen molar-refractivity contribution in [2.45, 2.75) is 18.9 Å². The predicted octanol–water partition coefficient (Wildman–Crippen LogP) is 2.09. The third kappa shape index (κ3) is 2.29. The summed E-state index contributed by atoms with van der Waals surface area (Å²) in [5.74, 6) is -0.479. The van der Waals surface area contributed by atoms with Gasteiger partial charge in [0.2, 0.25) is 0 Å². The summed E-state index contributed by atoms with van der Waals surface area (Å²) in [6.45, 7) is 0. The Morgan fingerprint density at radius 3 is 2.95 bits per heavy atom. The van der Waals surface area contributed by atoms with Crippen LogP contribution < -0.4 is 16.0 Å². The Kier molecular flexibility index (Phi) is 2.70. The van der Waals surface area contributed by atoms with Crippen LogP contribution in [0.25, 0.3) is 0 Å². The molecule has 5 nitrogen and oxygen atoms in total. The first-order valence-electron chi connectivity index (χ1n) is 5.95. The van der Waals surface area contributed by atoms with Crippen molar-refractivity contribution < 1.29 is 9.13 Å². The van der Waals surface area contributed by atoms with Crippen LogP contribution in [0.4, 0.5) is 10.1 Å². The SMILES string of the molecule is Nc1ccc(F)cc1Oc1nccn(C2CC2)c1=O. The second-order valence-electron chi connectivity index (χ2n) is 4.46. The summed E-state index contributed by atoms with van der Waals surface area (Å²) in [5.41, 5.74) is 5.60. The fourth-order valence-corrected chi connectivity index (χ4v) is 1.82. The quantitative estimate of drug-likeness (QED) is 0.859. The minimum atomic E-state index is -0.484. The molecule has 19 heavy (non-hydrogen) atoms. The third-order valence-electron chi connectivity index (χ3n) is 2.96. The fraction of sp³-hybridized carbons (Fsp3) is 0.231. The molecular formula is C13H12FN3O2. The van der Waals surface area contributed by atoms with Gasteiger partial charge in [-0.1, -0.05) is 0 Å². The van der Waals surface area contributed by atoms with Gasteiger partial charge < -0.3 is 15.0 Å². The average molecular weight is 261 g/mol. The molecule has 3 rings (SSSR count). The number of benzene rings is 1. The molecule has 1 saturated carbocycles. The normalized spacial score (nSPS) is 14.4. The first kappa shape index (κ1) is 11.7. The first-order valence-corrected chi connectivity index (χ1v) is 5.95. The summed E-state index contributed by atoms with van der Waals surface area (Å²) in [6, 6.07) is 3.96. The molecule has 1 fully saturated rings. The number of aromatic nitrogens is 2. The van der Waals surface area contributed by atoms with Crippen molar-refractivity contribution in [3.8, 4) is 11.6 Å². The molecule has 1 aromatic heterocycles. The number of halogens is 1. The van der Waals surface area contributed by atoms with Crippen LogP contribution in [0, 0.1) is 5.82 Å². The second-order valence-corrected chi connectivity index (χ2v) is 4.46. The van der Waals surface area contributed by atoms with Crippen LogP contribution in [0.2, 0.25) is 0 Å². The molecule has 0 radical (unpaired) electrons. The van der Waals surface area contributed by atoms with Crippen molar-refractivity contribution in [3.63, 3.8) is 0 Å². The summed E-state index contributed by atoms with van der Waals surface area (Å²) in [7, 11) is 0. The van der Waals surface area contributed by atoms with Crippen LogP contribution in [0.1, 0.15) is 18.9 Å². The molecule has 6 heteroatoms. The van der Waals surface area contributed by atoms with Gasteiger partial charge in [-0.3, -0.25) is 4.79 Å². The maximum absolute atomic E-state index is 13.1. The lowest BCUT2D eigenvalue weighted by Gasteiger charge is -2.09. The second kappa shape index (κ2) is 4.38. The van der Waals surface area contributed by atoms with Crippen molar-refractivity contribution >= 4 is 5.69 Å². The van der Waals surface area contributed by atoms with E-state index in [4.69, 9.17) is 10.5 Å². The molecule has 1 aliphatic rings. The standard InChI is InChI=1S/C13H12FN3O2/c14-8-1-4-10(15)11(7-8)19-12-13(18)17(6-5-16-12)9-2-3-9/h1,4-7,9H,2-3,15H2. The topological polar surface area (TPSA) is 70.1 Å². The van der Waals surface area contributed by atoms with Gasteiger partial charge in [0.05, 0.1) is 5.69 Å². The number of nitrogen functional groups attached to an aromatic ring is 1. The Labute approximate surface area is 108 Å². The van der Waals surface area contributed by atoms with E-state index in [1.54, 1.807) is 10.8 Å². The third-order valence-corrected chi connectivity index (χ3v) is 2.96. The number of nitrogens with two attached hydrogens (primary N) is 1. The average Bonchev–Trinajstić information content (AvgIpc) is 3.20. The first-order chi connectivity index (χ1) is 9.15. The van der Waals surface area contributed by atoms with Gasteiger partial charge >= 0.3 is 5.56 Å². The molecule has 0 aliphatic heterocycles. The number of ether oxygens (including phenoxy) is 1. The van der Waals surface area contributed by atoms with Crippen LogP contribution in [0.5, 0.6) is 11.6 Å². The molecule has 0 bridgehead atoms. The van der Waals surface area contributed by atoms with Crippen LogP contribution >= 0.6 is 0 Å². The minimum Gasteiger partial charge on any atom is -0.432 e. The zero-order valence-corrected chi connectivity index (χ0v) is 10.0. The van der Waals surface area contributed by atoms with Gasteiger partial charge in [0.1, 0.15) is 5.82 Å². The summed E-state index contributed by atoms with van der Waals surface area (Å²) in [4.78, 5) is 16.0. The van der Waals surface area contributed by atoms with Gasteiger partial charge in [-0.15, -0.1) is 0 Å². The van der Waals surface area contributed by atoms with Crippen molar-refractivity contribution in [3.05, 3.63) is 46.8 Å². The van der Waals surface area contributed by atoms with E-state index in [0.717, 1.165) is 18.9 Å². The number of rotatable bonds is 3. The van der Waals surface area contributed by atoms with E-state index in [9.17, 15) is 9.18 Å². The lowest BCUT2D eigenvalue weighted by Crippen LogP contribution is -2.20. The predicted molar refractivity (Wildman–Crippen MR) is 67.7 cm³/mol. The molecule has 0 atom stereocenters. The molecule has 98 valence electrons. The van der Waals surface area contributed by atoms with Crippen LogP contribution in [-0.4, -0.2) is 9.55 Å². The van der Waals surface area contributed by atoms with Gasteiger partial charge in [0.25, 0.3) is 5.88 Å². The number of hydrogen-bond donors (Lipinski definition) is 1. The number of hydrogen-bond acceptors (Lipinski definition) is 4. The molecule has 1 aromatic carbocycles. The maximum atomic E-state index is 13.1. The van der Waals surface area contributed by atoms with Gasteiger partial charge in [-0.2, -0.15) is 0 Å². The van der Waals surface area contributed by atoms with E-state index < -0.39 is 5.82 Å². The molecule has 0 spiro atoms. The van der Waals surface area contributed by atoms with Gasteiger partial charge in [-0.05, 0) is 25.0 Å². The van der Waals surface area contributed by atoms with E-state index >= 15 is 0 Å². The van der Waals surface area contributed by atoms with Crippen LogP contribution in [-0.2, 0) is 0 Å². The Morgan fingerprint density at radius 2 is 2.21 bits per heavy atom. The molecule has 2 N–H and O–H groups in total. The summed E-state index contributed by atoms with van der Waals surface area (Å²) in [6.07, 6.45) is 5.07. The monoisotopic (exact) mass is 261 g/mol. The smallest absolute Gasteiger partial charge is 0.313 e. The largest absolute Gasteiger partial charge is 0.432 e. The molecule has 0 saturated heterocycles. The summed E-state index contributed by atoms with van der Waals surface area (Å²) in [5, 5.41) is 0. The Balaban J connectivity index is 1.97. The maximum Gasteiger partial charge on any atom is 0.313 e. The molecule has 0 amide bonds. The summed E-state index contributed by atoms with van der Waals surface area (Å²) >= 11 is 0. The van der Waals surface area contributed by atoms with Crippen LogP contribution in [0.15, 0.2) is 35.4 Å². The molecule has 0 unspecified atom stereocenters. The van der Waals surface area contributed by atoms with E-state index in [1.165, 1.54) is 18.3 Å². The lowest BCUT2D eigenvalue weighted by molar-refractivity contribution is 0.443. The molecular weight excluding hydrogens is 249 g/mol. The highest BCUT2D eigenvalue weighted by molar-refractivity contribution is 5.53. The molecule has 1 heterocycles. The molecule has 1 aliphatic carbocycles. The van der Waals surface area contributed by atoms with Crippen LogP contribution in [0.3, 0.4) is 0 Å². The lowest BCUT2D eigenvalue weighted by atomic mass is 10.3.